The second-order valence-corrected chi connectivity index (χ2v) is 8.04. The Morgan fingerprint density at radius 3 is 2.79 bits per heavy atom. The maximum absolute atomic E-state index is 13.4. The van der Waals surface area contributed by atoms with Crippen molar-refractivity contribution in [3.05, 3.63) is 65.0 Å². The van der Waals surface area contributed by atoms with Crippen molar-refractivity contribution in [2.75, 3.05) is 37.6 Å². The molecule has 29 heavy (non-hydrogen) atoms. The van der Waals surface area contributed by atoms with Gasteiger partial charge in [0.05, 0.1) is 4.70 Å². The molecule has 5 rings (SSSR count). The second-order valence-electron chi connectivity index (χ2n) is 7.23. The first-order valence-corrected chi connectivity index (χ1v) is 10.4. The molecule has 0 N–H and O–H groups in total. The SMILES string of the molecule is O=c1c2ncccc2ccn1CCN1CCN(c2nsc3cc(F)ccc23)CC1. The van der Waals surface area contributed by atoms with Crippen molar-refractivity contribution in [3.8, 4) is 0 Å². The van der Waals surface area contributed by atoms with Gasteiger partial charge in [0.2, 0.25) is 0 Å². The van der Waals surface area contributed by atoms with Crippen LogP contribution in [-0.2, 0) is 6.54 Å². The van der Waals surface area contributed by atoms with Gasteiger partial charge in [0, 0.05) is 62.4 Å². The Balaban J connectivity index is 1.23. The smallest absolute Gasteiger partial charge is 0.277 e. The lowest BCUT2D eigenvalue weighted by atomic mass is 10.2. The van der Waals surface area contributed by atoms with Gasteiger partial charge in [-0.2, -0.15) is 4.37 Å². The predicted molar refractivity (Wildman–Crippen MR) is 114 cm³/mol. The van der Waals surface area contributed by atoms with E-state index in [2.05, 4.69) is 19.2 Å². The number of pyridine rings is 2. The van der Waals surface area contributed by atoms with E-state index in [4.69, 9.17) is 0 Å². The summed E-state index contributed by atoms with van der Waals surface area (Å²) in [5.74, 6) is 0.720. The van der Waals surface area contributed by atoms with Crippen molar-refractivity contribution in [3.63, 3.8) is 0 Å². The fourth-order valence-electron chi connectivity index (χ4n) is 3.84. The molecule has 8 heteroatoms. The summed E-state index contributed by atoms with van der Waals surface area (Å²) in [4.78, 5) is 21.4. The van der Waals surface area contributed by atoms with E-state index in [1.807, 2.05) is 30.5 Å². The van der Waals surface area contributed by atoms with Crippen LogP contribution in [0.15, 0.2) is 53.6 Å². The van der Waals surface area contributed by atoms with Gasteiger partial charge < -0.3 is 9.47 Å². The minimum Gasteiger partial charge on any atom is -0.353 e. The lowest BCUT2D eigenvalue weighted by molar-refractivity contribution is 0.247. The average Bonchev–Trinajstić information content (AvgIpc) is 3.17. The van der Waals surface area contributed by atoms with Crippen LogP contribution in [0.1, 0.15) is 0 Å². The summed E-state index contributed by atoms with van der Waals surface area (Å²) in [7, 11) is 0. The molecule has 0 unspecified atom stereocenters. The van der Waals surface area contributed by atoms with E-state index >= 15 is 0 Å². The molecular formula is C21H20FN5OS. The molecule has 1 aromatic carbocycles. The highest BCUT2D eigenvalue weighted by Gasteiger charge is 2.21. The van der Waals surface area contributed by atoms with Crippen LogP contribution in [0, 0.1) is 5.82 Å². The van der Waals surface area contributed by atoms with Crippen molar-refractivity contribution >= 4 is 38.3 Å². The Kier molecular flexibility index (Phi) is 4.73. The van der Waals surface area contributed by atoms with Crippen LogP contribution in [0.25, 0.3) is 21.0 Å². The number of halogens is 1. The molecule has 0 amide bonds. The molecule has 1 fully saturated rings. The number of piperazine rings is 1. The molecule has 1 aliphatic rings. The highest BCUT2D eigenvalue weighted by Crippen LogP contribution is 2.30. The topological polar surface area (TPSA) is 54.3 Å². The summed E-state index contributed by atoms with van der Waals surface area (Å²) < 4.78 is 20.6. The van der Waals surface area contributed by atoms with Crippen LogP contribution < -0.4 is 10.5 Å². The number of rotatable bonds is 4. The first kappa shape index (κ1) is 18.2. The lowest BCUT2D eigenvalue weighted by Crippen LogP contribution is -2.47. The van der Waals surface area contributed by atoms with Gasteiger partial charge in [-0.05, 0) is 41.9 Å². The van der Waals surface area contributed by atoms with E-state index in [1.54, 1.807) is 16.8 Å². The van der Waals surface area contributed by atoms with Gasteiger partial charge in [0.15, 0.2) is 0 Å². The molecule has 3 aromatic heterocycles. The summed E-state index contributed by atoms with van der Waals surface area (Å²) >= 11 is 1.34. The van der Waals surface area contributed by atoms with Crippen molar-refractivity contribution in [2.24, 2.45) is 0 Å². The van der Waals surface area contributed by atoms with Crippen molar-refractivity contribution in [1.82, 2.24) is 18.8 Å². The van der Waals surface area contributed by atoms with E-state index in [0.717, 1.165) is 54.0 Å². The first-order chi connectivity index (χ1) is 14.2. The molecule has 0 saturated carbocycles. The third-order valence-corrected chi connectivity index (χ3v) is 6.28. The van der Waals surface area contributed by atoms with Crippen LogP contribution in [0.5, 0.6) is 0 Å². The van der Waals surface area contributed by atoms with Crippen molar-refractivity contribution in [1.29, 1.82) is 0 Å². The monoisotopic (exact) mass is 409 g/mol. The van der Waals surface area contributed by atoms with E-state index in [-0.39, 0.29) is 11.4 Å². The fourth-order valence-corrected chi connectivity index (χ4v) is 4.66. The van der Waals surface area contributed by atoms with Crippen LogP contribution in [-0.4, -0.2) is 51.5 Å². The number of nitrogens with zero attached hydrogens (tertiary/aromatic N) is 5. The number of aromatic nitrogens is 3. The Morgan fingerprint density at radius 2 is 1.93 bits per heavy atom. The largest absolute Gasteiger partial charge is 0.353 e. The third kappa shape index (κ3) is 3.49. The zero-order valence-corrected chi connectivity index (χ0v) is 16.6. The summed E-state index contributed by atoms with van der Waals surface area (Å²) in [5, 5.41) is 1.89. The maximum Gasteiger partial charge on any atom is 0.277 e. The van der Waals surface area contributed by atoms with Gasteiger partial charge in [0.25, 0.3) is 5.56 Å². The minimum absolute atomic E-state index is 0.0390. The van der Waals surface area contributed by atoms with Gasteiger partial charge in [-0.3, -0.25) is 14.7 Å². The summed E-state index contributed by atoms with van der Waals surface area (Å²) in [6.45, 7) is 5.00. The van der Waals surface area contributed by atoms with E-state index < -0.39 is 0 Å². The molecule has 6 nitrogen and oxygen atoms in total. The normalized spacial score (nSPS) is 15.4. The molecule has 1 saturated heterocycles. The van der Waals surface area contributed by atoms with Gasteiger partial charge in [-0.25, -0.2) is 4.39 Å². The number of anilines is 1. The molecule has 0 spiro atoms. The molecule has 148 valence electrons. The molecule has 0 bridgehead atoms. The Hall–Kier alpha value is -2.84. The zero-order chi connectivity index (χ0) is 19.8. The van der Waals surface area contributed by atoms with Gasteiger partial charge in [0.1, 0.15) is 17.2 Å². The fraction of sp³-hybridized carbons (Fsp3) is 0.286. The van der Waals surface area contributed by atoms with Crippen LogP contribution in [0.2, 0.25) is 0 Å². The summed E-state index contributed by atoms with van der Waals surface area (Å²) in [6.07, 6.45) is 3.51. The summed E-state index contributed by atoms with van der Waals surface area (Å²) in [6, 6.07) is 10.5. The standard InChI is InChI=1S/C21H20FN5OS/c22-16-3-4-17-18(14-16)29-24-20(17)26-11-8-25(9-12-26)10-13-27-7-5-15-2-1-6-23-19(15)21(27)28/h1-7,14H,8-13H2. The molecule has 4 aromatic rings. The quantitative estimate of drug-likeness (QED) is 0.519. The van der Waals surface area contributed by atoms with Crippen LogP contribution in [0.4, 0.5) is 10.2 Å². The molecule has 0 radical (unpaired) electrons. The highest BCUT2D eigenvalue weighted by atomic mass is 32.1. The molecule has 1 aliphatic heterocycles. The molecule has 0 aliphatic carbocycles. The highest BCUT2D eigenvalue weighted by molar-refractivity contribution is 7.13. The zero-order valence-electron chi connectivity index (χ0n) is 15.8. The number of hydrogen-bond donors (Lipinski definition) is 0. The second kappa shape index (κ2) is 7.53. The Morgan fingerprint density at radius 1 is 1.07 bits per heavy atom. The first-order valence-electron chi connectivity index (χ1n) is 9.65. The van der Waals surface area contributed by atoms with Gasteiger partial charge in [-0.1, -0.05) is 6.07 Å². The lowest BCUT2D eigenvalue weighted by Gasteiger charge is -2.35. The number of hydrogen-bond acceptors (Lipinski definition) is 6. The summed E-state index contributed by atoms with van der Waals surface area (Å²) in [5.41, 5.74) is 0.481. The van der Waals surface area contributed by atoms with Crippen molar-refractivity contribution < 1.29 is 4.39 Å². The molecular weight excluding hydrogens is 389 g/mol. The third-order valence-electron chi connectivity index (χ3n) is 5.48. The Labute approximate surface area is 171 Å². The van der Waals surface area contributed by atoms with E-state index in [9.17, 15) is 9.18 Å². The number of fused-ring (bicyclic) bond motifs is 2. The van der Waals surface area contributed by atoms with E-state index in [0.29, 0.717) is 12.1 Å². The maximum atomic E-state index is 13.4. The van der Waals surface area contributed by atoms with Gasteiger partial charge in [-0.15, -0.1) is 0 Å². The van der Waals surface area contributed by atoms with E-state index in [1.165, 1.54) is 17.6 Å². The van der Waals surface area contributed by atoms with Crippen molar-refractivity contribution in [2.45, 2.75) is 6.54 Å². The molecule has 0 atom stereocenters. The molecule has 4 heterocycles. The number of benzene rings is 1. The van der Waals surface area contributed by atoms with Crippen LogP contribution >= 0.6 is 11.5 Å². The average molecular weight is 409 g/mol. The van der Waals surface area contributed by atoms with Gasteiger partial charge >= 0.3 is 0 Å². The Bertz CT molecular complexity index is 1230. The van der Waals surface area contributed by atoms with Crippen LogP contribution in [0.3, 0.4) is 0 Å². The predicted octanol–water partition coefficient (Wildman–Crippen LogP) is 2.97. The minimum atomic E-state index is -0.225.